The lowest BCUT2D eigenvalue weighted by Gasteiger charge is -2.32. The highest BCUT2D eigenvalue weighted by Gasteiger charge is 2.36. The average Bonchev–Trinajstić information content (AvgIpc) is 3.10. The fourth-order valence-electron chi connectivity index (χ4n) is 4.08. The van der Waals surface area contributed by atoms with E-state index in [2.05, 4.69) is 14.9 Å². The van der Waals surface area contributed by atoms with Crippen LogP contribution in [0.4, 0.5) is 29.1 Å². The highest BCUT2D eigenvalue weighted by Crippen LogP contribution is 2.39. The number of hydrogen-bond acceptors (Lipinski definition) is 6. The van der Waals surface area contributed by atoms with Gasteiger partial charge >= 0.3 is 12.2 Å². The molecule has 2 N–H and O–H groups in total. The number of likely N-dealkylation sites (tertiary alicyclic amines) is 1. The number of anilines is 2. The van der Waals surface area contributed by atoms with Crippen LogP contribution in [0.1, 0.15) is 29.7 Å². The first-order valence-electron chi connectivity index (χ1n) is 9.82. The van der Waals surface area contributed by atoms with Gasteiger partial charge < -0.3 is 20.3 Å². The van der Waals surface area contributed by atoms with Crippen molar-refractivity contribution in [1.82, 2.24) is 14.9 Å². The number of aromatic nitrogens is 2. The van der Waals surface area contributed by atoms with Crippen molar-refractivity contribution in [2.75, 3.05) is 37.4 Å². The SMILES string of the molecule is CN1CCC[C@H]1COc1nc(N)c2c(n1)CN(c1ccc(F)cc1C(F)(F)F)CC2. The third-order valence-electron chi connectivity index (χ3n) is 5.76. The van der Waals surface area contributed by atoms with Gasteiger partial charge in [-0.25, -0.2) is 4.39 Å². The molecule has 6 nitrogen and oxygen atoms in total. The molecule has 1 aromatic heterocycles. The van der Waals surface area contributed by atoms with Gasteiger partial charge in [0.15, 0.2) is 0 Å². The van der Waals surface area contributed by atoms with Crippen molar-refractivity contribution in [3.8, 4) is 6.01 Å². The molecule has 0 unspecified atom stereocenters. The zero-order chi connectivity index (χ0) is 21.5. The highest BCUT2D eigenvalue weighted by atomic mass is 19.4. The van der Waals surface area contributed by atoms with Crippen molar-refractivity contribution in [2.45, 2.75) is 38.0 Å². The predicted molar refractivity (Wildman–Crippen MR) is 104 cm³/mol. The number of nitrogens with two attached hydrogens (primary N) is 1. The van der Waals surface area contributed by atoms with E-state index in [1.807, 2.05) is 7.05 Å². The van der Waals surface area contributed by atoms with E-state index in [1.165, 1.54) is 4.90 Å². The van der Waals surface area contributed by atoms with Crippen LogP contribution in [0.2, 0.25) is 0 Å². The second-order valence-corrected chi connectivity index (χ2v) is 7.74. The molecule has 4 rings (SSSR count). The lowest BCUT2D eigenvalue weighted by Crippen LogP contribution is -2.34. The van der Waals surface area contributed by atoms with Crippen molar-refractivity contribution in [3.63, 3.8) is 0 Å². The monoisotopic (exact) mass is 425 g/mol. The normalized spacial score (nSPS) is 19.8. The van der Waals surface area contributed by atoms with E-state index >= 15 is 0 Å². The van der Waals surface area contributed by atoms with Gasteiger partial charge in [-0.3, -0.25) is 0 Å². The molecule has 1 fully saturated rings. The number of fused-ring (bicyclic) bond motifs is 1. The summed E-state index contributed by atoms with van der Waals surface area (Å²) in [6.45, 7) is 1.84. The van der Waals surface area contributed by atoms with E-state index in [0.29, 0.717) is 36.9 Å². The fraction of sp³-hybridized carbons (Fsp3) is 0.500. The van der Waals surface area contributed by atoms with Crippen molar-refractivity contribution in [1.29, 1.82) is 0 Å². The van der Waals surface area contributed by atoms with Gasteiger partial charge in [-0.1, -0.05) is 0 Å². The van der Waals surface area contributed by atoms with Gasteiger partial charge in [-0.05, 0) is 51.1 Å². The Bertz CT molecular complexity index is 936. The van der Waals surface area contributed by atoms with Crippen LogP contribution < -0.4 is 15.4 Å². The first-order valence-corrected chi connectivity index (χ1v) is 9.82. The van der Waals surface area contributed by atoms with Gasteiger partial charge in [0.2, 0.25) is 0 Å². The minimum Gasteiger partial charge on any atom is -0.462 e. The Kier molecular flexibility index (Phi) is 5.44. The molecule has 1 aromatic carbocycles. The van der Waals surface area contributed by atoms with E-state index in [9.17, 15) is 17.6 Å². The second kappa shape index (κ2) is 7.90. The summed E-state index contributed by atoms with van der Waals surface area (Å²) in [5.74, 6) is -0.646. The van der Waals surface area contributed by atoms with Crippen LogP contribution in [0, 0.1) is 5.82 Å². The van der Waals surface area contributed by atoms with Crippen molar-refractivity contribution < 1.29 is 22.3 Å². The third-order valence-corrected chi connectivity index (χ3v) is 5.76. The summed E-state index contributed by atoms with van der Waals surface area (Å²) in [6, 6.07) is 3.10. The second-order valence-electron chi connectivity index (χ2n) is 7.74. The lowest BCUT2D eigenvalue weighted by atomic mass is 10.0. The number of likely N-dealkylation sites (N-methyl/N-ethyl adjacent to an activating group) is 1. The summed E-state index contributed by atoms with van der Waals surface area (Å²) in [4.78, 5) is 12.4. The summed E-state index contributed by atoms with van der Waals surface area (Å²) in [7, 11) is 2.03. The minimum atomic E-state index is -4.66. The number of benzene rings is 1. The van der Waals surface area contributed by atoms with Crippen LogP contribution in [0.5, 0.6) is 6.01 Å². The molecule has 10 heteroatoms. The first kappa shape index (κ1) is 20.6. The number of hydrogen-bond donors (Lipinski definition) is 1. The average molecular weight is 425 g/mol. The molecule has 0 aliphatic carbocycles. The summed E-state index contributed by atoms with van der Waals surface area (Å²) in [6.07, 6.45) is -2.15. The van der Waals surface area contributed by atoms with Crippen molar-refractivity contribution in [2.24, 2.45) is 0 Å². The van der Waals surface area contributed by atoms with Crippen molar-refractivity contribution >= 4 is 11.5 Å². The maximum atomic E-state index is 13.5. The molecule has 2 aromatic rings. The summed E-state index contributed by atoms with van der Waals surface area (Å²) in [5, 5.41) is 0. The minimum absolute atomic E-state index is 0.0817. The number of halogens is 4. The van der Waals surface area contributed by atoms with E-state index in [4.69, 9.17) is 10.5 Å². The smallest absolute Gasteiger partial charge is 0.418 e. The number of rotatable bonds is 4. The van der Waals surface area contributed by atoms with E-state index in [1.54, 1.807) is 0 Å². The predicted octanol–water partition coefficient (Wildman–Crippen LogP) is 3.25. The van der Waals surface area contributed by atoms with Gasteiger partial charge in [0.05, 0.1) is 17.8 Å². The zero-order valence-corrected chi connectivity index (χ0v) is 16.5. The highest BCUT2D eigenvalue weighted by molar-refractivity contribution is 5.58. The molecule has 2 aliphatic rings. The Morgan fingerprint density at radius 3 is 2.73 bits per heavy atom. The zero-order valence-electron chi connectivity index (χ0n) is 16.5. The van der Waals surface area contributed by atoms with Crippen LogP contribution in [0.15, 0.2) is 18.2 Å². The van der Waals surface area contributed by atoms with Crippen molar-refractivity contribution in [3.05, 3.63) is 40.8 Å². The molecular weight excluding hydrogens is 402 g/mol. The summed E-state index contributed by atoms with van der Waals surface area (Å²) in [5.41, 5.74) is 6.22. The molecule has 2 aliphatic heterocycles. The van der Waals surface area contributed by atoms with Crippen LogP contribution in [0.3, 0.4) is 0 Å². The van der Waals surface area contributed by atoms with Crippen LogP contribution in [-0.4, -0.2) is 47.7 Å². The molecule has 0 spiro atoms. The Labute approximate surface area is 171 Å². The maximum absolute atomic E-state index is 13.5. The lowest BCUT2D eigenvalue weighted by molar-refractivity contribution is -0.137. The van der Waals surface area contributed by atoms with Gasteiger partial charge in [-0.2, -0.15) is 23.1 Å². The van der Waals surface area contributed by atoms with E-state index < -0.39 is 17.6 Å². The van der Waals surface area contributed by atoms with Gasteiger partial charge in [-0.15, -0.1) is 0 Å². The summed E-state index contributed by atoms with van der Waals surface area (Å²) < 4.78 is 59.5. The van der Waals surface area contributed by atoms with Gasteiger partial charge in [0, 0.05) is 23.8 Å². The fourth-order valence-corrected chi connectivity index (χ4v) is 4.08. The number of alkyl halides is 3. The molecule has 3 heterocycles. The first-order chi connectivity index (χ1) is 14.2. The molecule has 0 amide bonds. The van der Waals surface area contributed by atoms with Gasteiger partial charge in [0.1, 0.15) is 18.2 Å². The largest absolute Gasteiger partial charge is 0.462 e. The van der Waals surface area contributed by atoms with Crippen LogP contribution in [-0.2, 0) is 19.1 Å². The quantitative estimate of drug-likeness (QED) is 0.759. The molecule has 0 saturated carbocycles. The Balaban J connectivity index is 1.57. The number of nitrogens with zero attached hydrogens (tertiary/aromatic N) is 4. The van der Waals surface area contributed by atoms with Crippen LogP contribution >= 0.6 is 0 Å². The molecule has 30 heavy (non-hydrogen) atoms. The van der Waals surface area contributed by atoms with E-state index in [-0.39, 0.29) is 30.1 Å². The maximum Gasteiger partial charge on any atom is 0.418 e. The number of ether oxygens (including phenoxy) is 1. The molecule has 1 saturated heterocycles. The number of nitrogen functional groups attached to an aromatic ring is 1. The molecule has 162 valence electrons. The van der Waals surface area contributed by atoms with Crippen LogP contribution in [0.25, 0.3) is 0 Å². The Morgan fingerprint density at radius 2 is 2.03 bits per heavy atom. The molecular formula is C20H23F4N5O. The molecule has 0 radical (unpaired) electrons. The standard InChI is InChI=1S/C20H23F4N5O/c1-28-7-2-3-13(28)11-30-19-26-16-10-29(8-6-14(16)18(25)27-19)17-5-4-12(21)9-15(17)20(22,23)24/h4-5,9,13H,2-3,6-8,10-11H2,1H3,(H2,25,26,27)/t13-/m0/s1. The topological polar surface area (TPSA) is 67.5 Å². The molecule has 0 bridgehead atoms. The molecule has 1 atom stereocenters. The third kappa shape index (κ3) is 4.14. The van der Waals surface area contributed by atoms with E-state index in [0.717, 1.165) is 31.5 Å². The summed E-state index contributed by atoms with van der Waals surface area (Å²) >= 11 is 0. The van der Waals surface area contributed by atoms with Gasteiger partial charge in [0.25, 0.3) is 0 Å². The Hall–Kier alpha value is -2.62. The Morgan fingerprint density at radius 1 is 1.23 bits per heavy atom.